The number of hydrogen-bond donors (Lipinski definition) is 6. The molecule has 4 aliphatic heterocycles. The Morgan fingerprint density at radius 2 is 0.312 bits per heavy atom. The Kier molecular flexibility index (Phi) is 25.3. The second-order valence-electron chi connectivity index (χ2n) is 53.2. The van der Waals surface area contributed by atoms with E-state index in [1.807, 2.05) is 0 Å². The summed E-state index contributed by atoms with van der Waals surface area (Å²) in [6.45, 7) is 82.4. The molecule has 0 aliphatic carbocycles. The highest BCUT2D eigenvalue weighted by atomic mass is 16.3. The SMILES string of the molecule is CC(C)(C)c1cc(-c2c3nc(c(-c4cc(C(C)(C)C)cc(C(C)(C)C)c4)c4ccc([nH]4)c(-c4cc(C(C)(C)C)cc(C(C)(C)C)c4)c4nc(c(C#Cc5cc(O)c(C#Cc6c7nc(c(-c8cc(C(C)(C)C)cc(C(C)(C)C)c8)c8ccc([nH]8)c(-c8cc(C(C)(C)C)cc(C(C)(C)C)c8)c8nc(c(-c9cc(C(C)(C)C)cc(C(C)(C)C)c9)c9ccc6[nH]9)C=C8)C=C7)cc5O)c5ccc2[nH]5)C=C4)C=C3)cc(C(C)(C)C)c1. The van der Waals surface area contributed by atoms with Crippen molar-refractivity contribution in [3.63, 3.8) is 0 Å². The lowest BCUT2D eigenvalue weighted by atomic mass is 9.78. The van der Waals surface area contributed by atoms with Crippen LogP contribution in [0.2, 0.25) is 0 Å². The van der Waals surface area contributed by atoms with Gasteiger partial charge in [-0.1, -0.05) is 382 Å². The summed E-state index contributed by atoms with van der Waals surface area (Å²) in [5, 5.41) is 25.7. The van der Waals surface area contributed by atoms with Gasteiger partial charge in [0.2, 0.25) is 0 Å². The summed E-state index contributed by atoms with van der Waals surface area (Å²) < 4.78 is 0. The van der Waals surface area contributed by atoms with Gasteiger partial charge in [-0.25, -0.2) is 19.9 Å². The van der Waals surface area contributed by atoms with Gasteiger partial charge in [0.25, 0.3) is 0 Å². The third-order valence-electron chi connectivity index (χ3n) is 29.0. The standard InChI is InChI=1S/C134H150N8O2/c1-123(2,3)85-57-79(58-86(71-85)124(4,5)6)117-103-45-41-99(135-103)97(100-42-46-104(136-100)118(80-59-87(125(7,8)9)72-88(60-80)126(10,11)12)108-50-54-112(140-108)121(111-53-49-107(117)139-111)83-65-93(131(25,26)27)75-94(66-83)132(28,29)30)39-37-77-69-116(144)78(70-115(77)143)38-40-98-101-43-47-105(137-101)119(81-61-89(127(13,14)15)73-90(62-81)128(16,17)18)109-51-55-113(141-109)122(84-67-95(133(31,32)33)76-96(68-84)134(34,35)36)114-56-52-110(142-114)120(106-48-44-102(98)138-106)82-63-91(129(19,20)21)74-92(64-82)130(22,23)24/h41-76,135,137,140,142-144H,1-36H3. The van der Waals surface area contributed by atoms with Crippen LogP contribution >= 0.6 is 0 Å². The Morgan fingerprint density at radius 1 is 0.174 bits per heavy atom. The van der Waals surface area contributed by atoms with Crippen LogP contribution in [-0.2, 0) is 65.0 Å². The lowest BCUT2D eigenvalue weighted by Crippen LogP contribution is -2.16. The maximum atomic E-state index is 12.8. The third-order valence-corrected chi connectivity index (χ3v) is 29.0. The Bertz CT molecular complexity index is 7290. The average molecular weight is 1900 g/mol. The van der Waals surface area contributed by atoms with Crippen molar-refractivity contribution in [2.45, 2.75) is 314 Å². The van der Waals surface area contributed by atoms with E-state index >= 15 is 0 Å². The second kappa shape index (κ2) is 35.7. The summed E-state index contributed by atoms with van der Waals surface area (Å²) in [6, 6.07) is 63.0. The van der Waals surface area contributed by atoms with Crippen molar-refractivity contribution in [2.75, 3.05) is 0 Å². The number of rotatable bonds is 6. The minimum atomic E-state index is -0.212. The van der Waals surface area contributed by atoms with Crippen molar-refractivity contribution in [3.8, 4) is 102 Å². The molecule has 144 heavy (non-hydrogen) atoms. The smallest absolute Gasteiger partial charge is 0.132 e. The lowest BCUT2D eigenvalue weighted by Gasteiger charge is -2.26. The van der Waals surface area contributed by atoms with Gasteiger partial charge in [-0.05, 0) is 262 Å². The molecule has 0 unspecified atom stereocenters. The maximum absolute atomic E-state index is 12.8. The van der Waals surface area contributed by atoms with Gasteiger partial charge in [0.15, 0.2) is 0 Å². The molecule has 0 amide bonds. The maximum Gasteiger partial charge on any atom is 0.132 e. The third kappa shape index (κ3) is 20.8. The van der Waals surface area contributed by atoms with Crippen molar-refractivity contribution in [3.05, 3.63) is 304 Å². The second-order valence-corrected chi connectivity index (χ2v) is 53.2. The minimum absolute atomic E-state index is 0.174. The fourth-order valence-corrected chi connectivity index (χ4v) is 19.4. The zero-order valence-corrected chi connectivity index (χ0v) is 92.5. The molecule has 17 rings (SSSR count). The van der Waals surface area contributed by atoms with Crippen molar-refractivity contribution in [1.29, 1.82) is 0 Å². The molecule has 16 bridgehead atoms. The fourth-order valence-electron chi connectivity index (χ4n) is 19.4. The summed E-state index contributed by atoms with van der Waals surface area (Å²) in [7, 11) is 0. The molecule has 6 aromatic heterocycles. The topological polar surface area (TPSA) is 155 Å². The highest BCUT2D eigenvalue weighted by molar-refractivity contribution is 6.02. The summed E-state index contributed by atoms with van der Waals surface area (Å²) in [4.78, 5) is 39.6. The van der Waals surface area contributed by atoms with E-state index in [2.05, 4.69) is 499 Å². The molecule has 4 aliphatic rings. The zero-order chi connectivity index (χ0) is 104. The Morgan fingerprint density at radius 3 is 0.472 bits per heavy atom. The molecule has 0 spiro atoms. The van der Waals surface area contributed by atoms with Crippen LogP contribution in [-0.4, -0.2) is 50.1 Å². The molecular weight excluding hydrogens is 1750 g/mol. The van der Waals surface area contributed by atoms with E-state index < -0.39 is 0 Å². The van der Waals surface area contributed by atoms with Crippen LogP contribution in [0, 0.1) is 23.7 Å². The number of benzene rings is 7. The Balaban J connectivity index is 0.930. The molecule has 0 saturated carbocycles. The number of nitrogens with zero attached hydrogens (tertiary/aromatic N) is 4. The minimum Gasteiger partial charge on any atom is -0.507 e. The summed E-state index contributed by atoms with van der Waals surface area (Å²) in [6.07, 6.45) is 17.1. The number of aromatic nitrogens is 8. The first-order valence-electron chi connectivity index (χ1n) is 51.6. The van der Waals surface area contributed by atoms with Crippen LogP contribution in [0.15, 0.2) is 170 Å². The highest BCUT2D eigenvalue weighted by Gasteiger charge is 2.34. The fraction of sp³-hybridized carbons (Fsp3) is 0.358. The molecule has 13 aromatic rings. The molecule has 738 valence electrons. The van der Waals surface area contributed by atoms with E-state index in [0.717, 1.165) is 134 Å². The first-order valence-corrected chi connectivity index (χ1v) is 51.6. The van der Waals surface area contributed by atoms with Gasteiger partial charge in [-0.3, -0.25) is 0 Å². The predicted molar refractivity (Wildman–Crippen MR) is 616 cm³/mol. The summed E-state index contributed by atoms with van der Waals surface area (Å²) >= 11 is 0. The molecule has 6 N–H and O–H groups in total. The van der Waals surface area contributed by atoms with Crippen LogP contribution in [0.25, 0.3) is 160 Å². The van der Waals surface area contributed by atoms with E-state index in [1.54, 1.807) is 0 Å². The van der Waals surface area contributed by atoms with E-state index in [-0.39, 0.29) is 87.6 Å². The number of phenols is 2. The quantitative estimate of drug-likeness (QED) is 0.0719. The average Bonchev–Trinajstić information content (AvgIpc) is 1.59. The number of hydrogen-bond acceptors (Lipinski definition) is 6. The first-order chi connectivity index (χ1) is 66.6. The molecule has 10 nitrogen and oxygen atoms in total. The molecule has 10 heterocycles. The van der Waals surface area contributed by atoms with Gasteiger partial charge in [0.1, 0.15) is 11.5 Å². The summed E-state index contributed by atoms with van der Waals surface area (Å²) in [5.41, 5.74) is 38.1. The van der Waals surface area contributed by atoms with Crippen LogP contribution in [0.4, 0.5) is 0 Å². The zero-order valence-electron chi connectivity index (χ0n) is 92.5. The summed E-state index contributed by atoms with van der Waals surface area (Å²) in [5.74, 6) is 13.7. The molecule has 0 fully saturated rings. The molecule has 0 atom stereocenters. The van der Waals surface area contributed by atoms with Crippen LogP contribution < -0.4 is 0 Å². The van der Waals surface area contributed by atoms with Crippen LogP contribution in [0.5, 0.6) is 11.5 Å². The van der Waals surface area contributed by atoms with Gasteiger partial charge in [-0.2, -0.15) is 0 Å². The lowest BCUT2D eigenvalue weighted by molar-refractivity contribution is 0.457. The van der Waals surface area contributed by atoms with E-state index in [9.17, 15) is 10.2 Å². The molecular formula is C134H150N8O2. The van der Waals surface area contributed by atoms with Gasteiger partial charge in [-0.15, -0.1) is 0 Å². The van der Waals surface area contributed by atoms with Gasteiger partial charge < -0.3 is 30.1 Å². The Hall–Kier alpha value is -13.5. The van der Waals surface area contributed by atoms with Crippen LogP contribution in [0.3, 0.4) is 0 Å². The van der Waals surface area contributed by atoms with Gasteiger partial charge in [0.05, 0.1) is 78.8 Å². The van der Waals surface area contributed by atoms with Crippen molar-refractivity contribution < 1.29 is 10.2 Å². The van der Waals surface area contributed by atoms with Crippen LogP contribution in [0.1, 0.15) is 384 Å². The molecule has 10 heteroatoms. The number of H-pyrrole nitrogens is 4. The number of aromatic hydroxyl groups is 2. The molecule has 0 radical (unpaired) electrons. The van der Waals surface area contributed by atoms with Crippen molar-refractivity contribution in [1.82, 2.24) is 39.9 Å². The first kappa shape index (κ1) is 102. The Labute approximate surface area is 857 Å². The van der Waals surface area contributed by atoms with Gasteiger partial charge in [0, 0.05) is 78.6 Å². The molecule has 7 aromatic carbocycles. The van der Waals surface area contributed by atoms with E-state index in [4.69, 9.17) is 19.9 Å². The van der Waals surface area contributed by atoms with Gasteiger partial charge >= 0.3 is 0 Å². The number of nitrogens with one attached hydrogen (secondary N) is 4. The predicted octanol–water partition coefficient (Wildman–Crippen LogP) is 35.4. The van der Waals surface area contributed by atoms with Crippen molar-refractivity contribution in [2.24, 2.45) is 0 Å². The van der Waals surface area contributed by atoms with E-state index in [0.29, 0.717) is 33.5 Å². The monoisotopic (exact) mass is 1900 g/mol. The normalized spacial score (nSPS) is 13.5. The largest absolute Gasteiger partial charge is 0.507 e. The van der Waals surface area contributed by atoms with E-state index in [1.165, 1.54) is 78.9 Å². The van der Waals surface area contributed by atoms with Crippen molar-refractivity contribution >= 4 is 92.7 Å². The number of aromatic amines is 4. The molecule has 0 saturated heterocycles. The highest BCUT2D eigenvalue weighted by Crippen LogP contribution is 2.49. The number of phenolic OH excluding ortho intramolecular Hbond substituents is 2. The number of fused-ring (bicyclic) bond motifs is 16.